The summed E-state index contributed by atoms with van der Waals surface area (Å²) >= 11 is 0. The van der Waals surface area contributed by atoms with Crippen molar-refractivity contribution in [1.29, 1.82) is 5.26 Å². The summed E-state index contributed by atoms with van der Waals surface area (Å²) in [4.78, 5) is 12.0. The number of anilines is 1. The minimum absolute atomic E-state index is 0.0303. The van der Waals surface area contributed by atoms with Crippen LogP contribution in [0.15, 0.2) is 47.3 Å². The molecular weight excluding hydrogens is 288 g/mol. The minimum Gasteiger partial charge on any atom is -0.378 e. The topological polar surface area (TPSA) is 62.8 Å². The van der Waals surface area contributed by atoms with E-state index in [1.54, 1.807) is 23.2 Å². The third kappa shape index (κ3) is 2.59. The maximum atomic E-state index is 12.0. The first-order chi connectivity index (χ1) is 11.0. The normalized spacial score (nSPS) is 12.1. The lowest BCUT2D eigenvalue weighted by Crippen LogP contribution is -2.19. The number of rotatable bonds is 3. The molecule has 1 N–H and O–H groups in total. The van der Waals surface area contributed by atoms with E-state index in [9.17, 15) is 4.79 Å². The molecule has 1 aromatic heterocycles. The van der Waals surface area contributed by atoms with Crippen molar-refractivity contribution in [1.82, 2.24) is 9.13 Å². The molecule has 0 saturated heterocycles. The molecule has 0 saturated carbocycles. The molecule has 23 heavy (non-hydrogen) atoms. The summed E-state index contributed by atoms with van der Waals surface area (Å²) in [5.41, 5.74) is 4.49. The second-order valence-corrected chi connectivity index (χ2v) is 5.70. The highest BCUT2D eigenvalue weighted by Crippen LogP contribution is 2.23. The Morgan fingerprint density at radius 3 is 2.35 bits per heavy atom. The number of aromatic nitrogens is 2. The Bertz CT molecular complexity index is 958. The highest BCUT2D eigenvalue weighted by molar-refractivity contribution is 5.80. The van der Waals surface area contributed by atoms with Crippen molar-refractivity contribution in [2.24, 2.45) is 14.1 Å². The van der Waals surface area contributed by atoms with Crippen molar-refractivity contribution in [3.8, 4) is 6.07 Å². The average Bonchev–Trinajstić information content (AvgIpc) is 2.79. The van der Waals surface area contributed by atoms with Gasteiger partial charge in [0.2, 0.25) is 0 Å². The van der Waals surface area contributed by atoms with E-state index >= 15 is 0 Å². The first kappa shape index (κ1) is 14.9. The van der Waals surface area contributed by atoms with Gasteiger partial charge in [0.15, 0.2) is 0 Å². The Hall–Kier alpha value is -3.00. The summed E-state index contributed by atoms with van der Waals surface area (Å²) in [6, 6.07) is 15.7. The number of benzene rings is 2. The highest BCUT2D eigenvalue weighted by atomic mass is 16.1. The Balaban J connectivity index is 1.90. The zero-order valence-corrected chi connectivity index (χ0v) is 13.4. The van der Waals surface area contributed by atoms with Gasteiger partial charge < -0.3 is 5.32 Å². The molecule has 116 valence electrons. The van der Waals surface area contributed by atoms with Gasteiger partial charge in [0.05, 0.1) is 22.7 Å². The lowest BCUT2D eigenvalue weighted by Gasteiger charge is -2.16. The zero-order chi connectivity index (χ0) is 16.6. The van der Waals surface area contributed by atoms with Gasteiger partial charge in [-0.3, -0.25) is 9.13 Å². The van der Waals surface area contributed by atoms with Crippen LogP contribution in [0.1, 0.15) is 24.1 Å². The van der Waals surface area contributed by atoms with E-state index in [-0.39, 0.29) is 11.7 Å². The second-order valence-electron chi connectivity index (χ2n) is 5.70. The number of hydrogen-bond acceptors (Lipinski definition) is 3. The molecule has 5 nitrogen and oxygen atoms in total. The van der Waals surface area contributed by atoms with E-state index in [0.717, 1.165) is 22.3 Å². The number of aryl methyl sites for hydroxylation is 2. The van der Waals surface area contributed by atoms with E-state index in [4.69, 9.17) is 5.26 Å². The Labute approximate surface area is 134 Å². The first-order valence-electron chi connectivity index (χ1n) is 7.43. The summed E-state index contributed by atoms with van der Waals surface area (Å²) in [6.07, 6.45) is 0. The fraction of sp³-hybridized carbons (Fsp3) is 0.222. The van der Waals surface area contributed by atoms with Crippen molar-refractivity contribution in [2.75, 3.05) is 5.32 Å². The van der Waals surface area contributed by atoms with Crippen LogP contribution in [0.25, 0.3) is 11.0 Å². The summed E-state index contributed by atoms with van der Waals surface area (Å²) in [5, 5.41) is 12.3. The van der Waals surface area contributed by atoms with Crippen molar-refractivity contribution in [3.63, 3.8) is 0 Å². The van der Waals surface area contributed by atoms with Crippen LogP contribution in [0.3, 0.4) is 0 Å². The molecule has 1 unspecified atom stereocenters. The van der Waals surface area contributed by atoms with E-state index in [1.807, 2.05) is 42.5 Å². The van der Waals surface area contributed by atoms with Gasteiger partial charge >= 0.3 is 5.69 Å². The number of hydrogen-bond donors (Lipinski definition) is 1. The van der Waals surface area contributed by atoms with Gasteiger partial charge in [-0.2, -0.15) is 5.26 Å². The fourth-order valence-electron chi connectivity index (χ4n) is 2.78. The standard InChI is InChI=1S/C18H18N4O/c1-12(14-6-4-13(11-19)5-7-14)20-15-8-9-16-17(10-15)22(3)18(23)21(16)2/h4-10,12,20H,1-3H3. The van der Waals surface area contributed by atoms with Crippen LogP contribution >= 0.6 is 0 Å². The molecule has 0 fully saturated rings. The van der Waals surface area contributed by atoms with Crippen molar-refractivity contribution in [2.45, 2.75) is 13.0 Å². The van der Waals surface area contributed by atoms with Crippen LogP contribution in [0.2, 0.25) is 0 Å². The van der Waals surface area contributed by atoms with E-state index in [2.05, 4.69) is 18.3 Å². The second kappa shape index (κ2) is 5.65. The molecule has 0 radical (unpaired) electrons. The quantitative estimate of drug-likeness (QED) is 0.809. The largest absolute Gasteiger partial charge is 0.378 e. The third-order valence-corrected chi connectivity index (χ3v) is 4.19. The predicted octanol–water partition coefficient (Wildman–Crippen LogP) is 2.92. The summed E-state index contributed by atoms with van der Waals surface area (Å²) < 4.78 is 3.29. The molecule has 2 aromatic carbocycles. The van der Waals surface area contributed by atoms with Crippen LogP contribution < -0.4 is 11.0 Å². The van der Waals surface area contributed by atoms with Gasteiger partial charge in [-0.15, -0.1) is 0 Å². The molecule has 0 aliphatic heterocycles. The van der Waals surface area contributed by atoms with Crippen LogP contribution in [0.5, 0.6) is 0 Å². The predicted molar refractivity (Wildman–Crippen MR) is 91.4 cm³/mol. The molecule has 0 amide bonds. The fourth-order valence-corrected chi connectivity index (χ4v) is 2.78. The van der Waals surface area contributed by atoms with E-state index < -0.39 is 0 Å². The molecular formula is C18H18N4O. The van der Waals surface area contributed by atoms with Gasteiger partial charge in [-0.25, -0.2) is 4.79 Å². The number of nitriles is 1. The molecule has 1 atom stereocenters. The van der Waals surface area contributed by atoms with E-state index in [1.165, 1.54) is 0 Å². The first-order valence-corrected chi connectivity index (χ1v) is 7.43. The molecule has 3 aromatic rings. The SMILES string of the molecule is CC(Nc1ccc2c(c1)n(C)c(=O)n2C)c1ccc(C#N)cc1. The number of nitrogens with zero attached hydrogens (tertiary/aromatic N) is 3. The number of imidazole rings is 1. The smallest absolute Gasteiger partial charge is 0.328 e. The Kier molecular flexibility index (Phi) is 3.67. The average molecular weight is 306 g/mol. The maximum absolute atomic E-state index is 12.0. The molecule has 1 heterocycles. The van der Waals surface area contributed by atoms with Crippen molar-refractivity contribution < 1.29 is 0 Å². The van der Waals surface area contributed by atoms with Gasteiger partial charge in [0.1, 0.15) is 0 Å². The van der Waals surface area contributed by atoms with Gasteiger partial charge in [0, 0.05) is 25.8 Å². The molecule has 0 bridgehead atoms. The minimum atomic E-state index is -0.0303. The molecule has 0 aliphatic carbocycles. The molecule has 0 spiro atoms. The van der Waals surface area contributed by atoms with E-state index in [0.29, 0.717) is 5.56 Å². The van der Waals surface area contributed by atoms with Crippen molar-refractivity contribution in [3.05, 3.63) is 64.1 Å². The summed E-state index contributed by atoms with van der Waals surface area (Å²) in [6.45, 7) is 2.07. The maximum Gasteiger partial charge on any atom is 0.328 e. The zero-order valence-electron chi connectivity index (χ0n) is 13.4. The molecule has 5 heteroatoms. The van der Waals surface area contributed by atoms with Crippen LogP contribution in [0, 0.1) is 11.3 Å². The molecule has 3 rings (SSSR count). The molecule has 0 aliphatic rings. The number of fused-ring (bicyclic) bond motifs is 1. The summed E-state index contributed by atoms with van der Waals surface area (Å²) in [7, 11) is 3.55. The lowest BCUT2D eigenvalue weighted by atomic mass is 10.1. The van der Waals surface area contributed by atoms with Gasteiger partial charge in [-0.05, 0) is 42.8 Å². The van der Waals surface area contributed by atoms with Crippen LogP contribution in [0.4, 0.5) is 5.69 Å². The van der Waals surface area contributed by atoms with Gasteiger partial charge in [-0.1, -0.05) is 12.1 Å². The monoisotopic (exact) mass is 306 g/mol. The highest BCUT2D eigenvalue weighted by Gasteiger charge is 2.10. The Morgan fingerprint density at radius 2 is 1.70 bits per heavy atom. The number of nitrogens with one attached hydrogen (secondary N) is 1. The van der Waals surface area contributed by atoms with Crippen LogP contribution in [-0.2, 0) is 14.1 Å². The summed E-state index contributed by atoms with van der Waals surface area (Å²) in [5.74, 6) is 0. The lowest BCUT2D eigenvalue weighted by molar-refractivity contribution is 0.795. The Morgan fingerprint density at radius 1 is 1.04 bits per heavy atom. The third-order valence-electron chi connectivity index (χ3n) is 4.19. The van der Waals surface area contributed by atoms with Crippen LogP contribution in [-0.4, -0.2) is 9.13 Å². The van der Waals surface area contributed by atoms with Crippen molar-refractivity contribution >= 4 is 16.7 Å². The van der Waals surface area contributed by atoms with Gasteiger partial charge in [0.25, 0.3) is 0 Å².